The molecule has 30 heavy (non-hydrogen) atoms. The van der Waals surface area contributed by atoms with Gasteiger partial charge in [-0.25, -0.2) is 14.6 Å². The summed E-state index contributed by atoms with van der Waals surface area (Å²) >= 11 is 12.2. The average molecular weight is 449 g/mol. The van der Waals surface area contributed by atoms with Crippen LogP contribution >= 0.6 is 23.2 Å². The predicted octanol–water partition coefficient (Wildman–Crippen LogP) is 4.94. The fourth-order valence-electron chi connectivity index (χ4n) is 2.69. The number of benzene rings is 2. The standard InChI is InChI=1S/C21H18Cl2N2O5/c22-14-9-15(23)19-16(10-14)25-17(20(26)27)11-18(19)29-8-4-7-24-21(28)30-12-13-5-2-1-3-6-13/h1-3,5-6,9-11H,4,7-8,12H2,(H,24,28)(H,26,27). The van der Waals surface area contributed by atoms with Crippen molar-refractivity contribution in [3.8, 4) is 5.75 Å². The summed E-state index contributed by atoms with van der Waals surface area (Å²) in [5.74, 6) is -0.911. The van der Waals surface area contributed by atoms with Gasteiger partial charge in [0.1, 0.15) is 12.4 Å². The van der Waals surface area contributed by atoms with E-state index in [1.807, 2.05) is 30.3 Å². The summed E-state index contributed by atoms with van der Waals surface area (Å²) in [5.41, 5.74) is 1.04. The number of carbonyl (C=O) groups excluding carboxylic acids is 1. The number of nitrogens with one attached hydrogen (secondary N) is 1. The predicted molar refractivity (Wildman–Crippen MR) is 113 cm³/mol. The summed E-state index contributed by atoms with van der Waals surface area (Å²) in [4.78, 5) is 27.1. The van der Waals surface area contributed by atoms with Gasteiger partial charge in [-0.1, -0.05) is 53.5 Å². The van der Waals surface area contributed by atoms with Gasteiger partial charge in [0.2, 0.25) is 0 Å². The van der Waals surface area contributed by atoms with Gasteiger partial charge in [0.25, 0.3) is 0 Å². The van der Waals surface area contributed by atoms with Crippen molar-refractivity contribution in [2.75, 3.05) is 13.2 Å². The van der Waals surface area contributed by atoms with Crippen LogP contribution in [0.25, 0.3) is 10.9 Å². The second kappa shape index (κ2) is 10.1. The van der Waals surface area contributed by atoms with E-state index >= 15 is 0 Å². The number of carboxylic acids is 1. The molecule has 0 radical (unpaired) electrons. The van der Waals surface area contributed by atoms with Crippen LogP contribution in [0.4, 0.5) is 4.79 Å². The normalized spacial score (nSPS) is 10.6. The van der Waals surface area contributed by atoms with E-state index in [1.165, 1.54) is 18.2 Å². The monoisotopic (exact) mass is 448 g/mol. The number of nitrogens with zero attached hydrogens (tertiary/aromatic N) is 1. The number of carbonyl (C=O) groups is 2. The number of rotatable bonds is 8. The molecule has 0 aliphatic heterocycles. The molecule has 1 amide bonds. The number of carboxylic acid groups (broad SMARTS) is 1. The molecular weight excluding hydrogens is 431 g/mol. The second-order valence-electron chi connectivity index (χ2n) is 6.28. The first-order valence-corrected chi connectivity index (χ1v) is 9.80. The van der Waals surface area contributed by atoms with Crippen molar-refractivity contribution in [2.45, 2.75) is 13.0 Å². The molecule has 0 spiro atoms. The van der Waals surface area contributed by atoms with Crippen molar-refractivity contribution >= 4 is 46.2 Å². The summed E-state index contributed by atoms with van der Waals surface area (Å²) in [6.07, 6.45) is -0.0585. The smallest absolute Gasteiger partial charge is 0.407 e. The Hall–Kier alpha value is -3.03. The zero-order valence-corrected chi connectivity index (χ0v) is 17.2. The van der Waals surface area contributed by atoms with Crippen molar-refractivity contribution in [1.82, 2.24) is 10.3 Å². The van der Waals surface area contributed by atoms with E-state index in [1.54, 1.807) is 0 Å². The molecule has 3 rings (SSSR count). The lowest BCUT2D eigenvalue weighted by Gasteiger charge is -2.12. The van der Waals surface area contributed by atoms with E-state index in [0.717, 1.165) is 5.56 Å². The van der Waals surface area contributed by atoms with Gasteiger partial charge in [-0.05, 0) is 24.1 Å². The zero-order chi connectivity index (χ0) is 21.5. The highest BCUT2D eigenvalue weighted by atomic mass is 35.5. The van der Waals surface area contributed by atoms with Crippen LogP contribution in [0.3, 0.4) is 0 Å². The number of ether oxygens (including phenoxy) is 2. The van der Waals surface area contributed by atoms with Gasteiger partial charge in [-0.2, -0.15) is 0 Å². The minimum absolute atomic E-state index is 0.182. The fourth-order valence-corrected chi connectivity index (χ4v) is 3.27. The number of hydrogen-bond donors (Lipinski definition) is 2. The van der Waals surface area contributed by atoms with E-state index < -0.39 is 12.1 Å². The summed E-state index contributed by atoms with van der Waals surface area (Å²) in [5, 5.41) is 13.0. The molecule has 156 valence electrons. The number of amides is 1. The molecule has 3 aromatic rings. The van der Waals surface area contributed by atoms with Crippen LogP contribution in [0.1, 0.15) is 22.5 Å². The van der Waals surface area contributed by atoms with Gasteiger partial charge in [0.15, 0.2) is 5.69 Å². The van der Waals surface area contributed by atoms with Crippen LogP contribution < -0.4 is 10.1 Å². The van der Waals surface area contributed by atoms with Crippen molar-refractivity contribution in [1.29, 1.82) is 0 Å². The molecule has 0 fully saturated rings. The average Bonchev–Trinajstić information content (AvgIpc) is 2.71. The third-order valence-corrected chi connectivity index (χ3v) is 4.59. The molecule has 0 unspecified atom stereocenters. The Kier molecular flexibility index (Phi) is 7.32. The van der Waals surface area contributed by atoms with E-state index in [2.05, 4.69) is 10.3 Å². The van der Waals surface area contributed by atoms with Crippen LogP contribution in [0.15, 0.2) is 48.5 Å². The van der Waals surface area contributed by atoms with Gasteiger partial charge in [-0.3, -0.25) is 0 Å². The first-order valence-electron chi connectivity index (χ1n) is 9.04. The van der Waals surface area contributed by atoms with Gasteiger partial charge < -0.3 is 19.9 Å². The summed E-state index contributed by atoms with van der Waals surface area (Å²) in [6, 6.07) is 13.7. The van der Waals surface area contributed by atoms with Crippen molar-refractivity contribution in [3.05, 3.63) is 69.8 Å². The lowest BCUT2D eigenvalue weighted by molar-refractivity contribution is 0.0690. The maximum absolute atomic E-state index is 11.7. The van der Waals surface area contributed by atoms with Crippen LogP contribution in [-0.4, -0.2) is 35.3 Å². The number of aromatic nitrogens is 1. The molecule has 2 aromatic carbocycles. The minimum atomic E-state index is -1.19. The zero-order valence-electron chi connectivity index (χ0n) is 15.7. The third-order valence-electron chi connectivity index (χ3n) is 4.07. The molecule has 7 nitrogen and oxygen atoms in total. The maximum atomic E-state index is 11.7. The van der Waals surface area contributed by atoms with Crippen molar-refractivity contribution < 1.29 is 24.2 Å². The molecule has 1 heterocycles. The van der Waals surface area contributed by atoms with E-state index in [4.69, 9.17) is 32.7 Å². The van der Waals surface area contributed by atoms with Gasteiger partial charge in [-0.15, -0.1) is 0 Å². The van der Waals surface area contributed by atoms with Gasteiger partial charge in [0, 0.05) is 17.6 Å². The van der Waals surface area contributed by atoms with Gasteiger partial charge in [0.05, 0.1) is 22.5 Å². The Bertz CT molecular complexity index is 1060. The SMILES string of the molecule is O=C(NCCCOc1cc(C(=O)O)nc2cc(Cl)cc(Cl)c12)OCc1ccccc1. The van der Waals surface area contributed by atoms with E-state index in [9.17, 15) is 14.7 Å². The van der Waals surface area contributed by atoms with Crippen molar-refractivity contribution in [3.63, 3.8) is 0 Å². The quantitative estimate of drug-likeness (QED) is 0.473. The Labute approximate surface area is 182 Å². The number of fused-ring (bicyclic) bond motifs is 1. The molecule has 0 atom stereocenters. The summed E-state index contributed by atoms with van der Waals surface area (Å²) < 4.78 is 10.8. The highest BCUT2D eigenvalue weighted by molar-refractivity contribution is 6.39. The maximum Gasteiger partial charge on any atom is 0.407 e. The van der Waals surface area contributed by atoms with Gasteiger partial charge >= 0.3 is 12.1 Å². The summed E-state index contributed by atoms with van der Waals surface area (Å²) in [6.45, 7) is 0.725. The summed E-state index contributed by atoms with van der Waals surface area (Å²) in [7, 11) is 0. The molecule has 0 aliphatic carbocycles. The Balaban J connectivity index is 1.54. The van der Waals surface area contributed by atoms with Crippen LogP contribution in [-0.2, 0) is 11.3 Å². The molecule has 0 saturated heterocycles. The van der Waals surface area contributed by atoms with Crippen LogP contribution in [0, 0.1) is 0 Å². The lowest BCUT2D eigenvalue weighted by Crippen LogP contribution is -2.26. The molecule has 0 bridgehead atoms. The first-order chi connectivity index (χ1) is 14.4. The molecular formula is C21H18Cl2N2O5. The molecule has 1 aromatic heterocycles. The van der Waals surface area contributed by atoms with Crippen molar-refractivity contribution in [2.24, 2.45) is 0 Å². The Morgan fingerprint density at radius 2 is 1.87 bits per heavy atom. The number of aromatic carboxylic acids is 1. The highest BCUT2D eigenvalue weighted by Crippen LogP contribution is 2.34. The molecule has 0 saturated carbocycles. The number of pyridine rings is 1. The number of hydrogen-bond acceptors (Lipinski definition) is 5. The lowest BCUT2D eigenvalue weighted by atomic mass is 10.1. The largest absolute Gasteiger partial charge is 0.493 e. The molecule has 9 heteroatoms. The van der Waals surface area contributed by atoms with Crippen LogP contribution in [0.2, 0.25) is 10.0 Å². The molecule has 0 aliphatic rings. The van der Waals surface area contributed by atoms with Crippen LogP contribution in [0.5, 0.6) is 5.75 Å². The fraction of sp³-hybridized carbons (Fsp3) is 0.190. The second-order valence-corrected chi connectivity index (χ2v) is 7.13. The number of halogens is 2. The van der Waals surface area contributed by atoms with E-state index in [-0.39, 0.29) is 24.7 Å². The minimum Gasteiger partial charge on any atom is -0.493 e. The van der Waals surface area contributed by atoms with E-state index in [0.29, 0.717) is 33.9 Å². The number of alkyl carbamates (subject to hydrolysis) is 1. The Morgan fingerprint density at radius 1 is 1.10 bits per heavy atom. The topological polar surface area (TPSA) is 97.8 Å². The highest BCUT2D eigenvalue weighted by Gasteiger charge is 2.15. The first kappa shape index (κ1) is 21.7. The third kappa shape index (κ3) is 5.75. The Morgan fingerprint density at radius 3 is 2.60 bits per heavy atom. The molecule has 2 N–H and O–H groups in total.